The van der Waals surface area contributed by atoms with Crippen molar-refractivity contribution in [2.24, 2.45) is 5.92 Å². The summed E-state index contributed by atoms with van der Waals surface area (Å²) in [5.74, 6) is 0.115. The summed E-state index contributed by atoms with van der Waals surface area (Å²) in [5, 5.41) is 5.17. The first-order valence-corrected chi connectivity index (χ1v) is 10.1. The molecule has 0 aliphatic rings. The van der Waals surface area contributed by atoms with Gasteiger partial charge in [0.2, 0.25) is 12.3 Å². The summed E-state index contributed by atoms with van der Waals surface area (Å²) < 4.78 is 5.33. The summed E-state index contributed by atoms with van der Waals surface area (Å²) in [7, 11) is 0. The molecule has 0 saturated heterocycles. The summed E-state index contributed by atoms with van der Waals surface area (Å²) in [6, 6.07) is 4.57. The minimum Gasteiger partial charge on any atom is -0.425 e. The van der Waals surface area contributed by atoms with Gasteiger partial charge in [0, 0.05) is 5.56 Å². The van der Waals surface area contributed by atoms with Crippen LogP contribution >= 0.6 is 11.8 Å². The van der Waals surface area contributed by atoms with E-state index in [0.29, 0.717) is 42.6 Å². The first-order chi connectivity index (χ1) is 12.9. The molecular formula is C19H26N2O5S. The zero-order chi connectivity index (χ0) is 20.2. The van der Waals surface area contributed by atoms with E-state index in [1.807, 2.05) is 20.1 Å². The Labute approximate surface area is 163 Å². The zero-order valence-corrected chi connectivity index (χ0v) is 16.6. The van der Waals surface area contributed by atoms with Gasteiger partial charge in [-0.15, -0.1) is 0 Å². The molecule has 0 radical (unpaired) electrons. The average molecular weight is 394 g/mol. The highest BCUT2D eigenvalue weighted by molar-refractivity contribution is 7.98. The van der Waals surface area contributed by atoms with Crippen molar-refractivity contribution in [2.45, 2.75) is 38.8 Å². The van der Waals surface area contributed by atoms with E-state index in [1.165, 1.54) is 24.3 Å². The highest BCUT2D eigenvalue weighted by Crippen LogP contribution is 2.14. The second-order valence-electron chi connectivity index (χ2n) is 6.42. The smallest absolute Gasteiger partial charge is 0.334 e. The normalized spacial score (nSPS) is 12.7. The first kappa shape index (κ1) is 22.7. The van der Waals surface area contributed by atoms with Gasteiger partial charge in [-0.25, -0.2) is 4.79 Å². The van der Waals surface area contributed by atoms with Crippen molar-refractivity contribution in [1.82, 2.24) is 10.6 Å². The molecule has 1 rings (SSSR count). The molecule has 7 nitrogen and oxygen atoms in total. The van der Waals surface area contributed by atoms with Crippen molar-refractivity contribution in [3.63, 3.8) is 0 Å². The predicted molar refractivity (Wildman–Crippen MR) is 105 cm³/mol. The minimum atomic E-state index is -0.839. The number of carbonyl (C=O) groups excluding carboxylic acids is 4. The molecule has 2 N–H and O–H groups in total. The molecule has 27 heavy (non-hydrogen) atoms. The maximum Gasteiger partial charge on any atom is 0.334 e. The number of amides is 2. The second kappa shape index (κ2) is 12.1. The Balaban J connectivity index is 2.82. The van der Waals surface area contributed by atoms with Crippen molar-refractivity contribution >= 4 is 36.3 Å². The Morgan fingerprint density at radius 2 is 1.81 bits per heavy atom. The van der Waals surface area contributed by atoms with E-state index in [1.54, 1.807) is 11.8 Å². The zero-order valence-electron chi connectivity index (χ0n) is 15.8. The Kier molecular flexibility index (Phi) is 10.2. The summed E-state index contributed by atoms with van der Waals surface area (Å²) in [4.78, 5) is 46.5. The van der Waals surface area contributed by atoms with Gasteiger partial charge < -0.3 is 15.4 Å². The molecule has 0 unspecified atom stereocenters. The van der Waals surface area contributed by atoms with Gasteiger partial charge in [-0.3, -0.25) is 14.4 Å². The van der Waals surface area contributed by atoms with Crippen LogP contribution in [0.1, 0.15) is 37.0 Å². The monoisotopic (exact) mass is 394 g/mol. The van der Waals surface area contributed by atoms with Gasteiger partial charge in [0.15, 0.2) is 0 Å². The maximum atomic E-state index is 12.5. The standard InChI is InChI=1S/C19H26N2O5S/c1-13(2)10-17(21-18(24)16(20-12-23)8-9-27-3)19(25)26-15-6-4-14(11-22)5-7-15/h4-7,11-13,16-17H,8-10H2,1-3H3,(H,20,23)(H,21,24)/t16-,17-/m0/s1. The molecule has 0 fully saturated rings. The molecule has 0 aliphatic carbocycles. The fraction of sp³-hybridized carbons (Fsp3) is 0.474. The molecule has 0 bridgehead atoms. The van der Waals surface area contributed by atoms with Crippen molar-refractivity contribution in [3.8, 4) is 5.75 Å². The molecule has 0 saturated carbocycles. The SMILES string of the molecule is CSCC[C@H](NC=O)C(=O)N[C@@H](CC(C)C)C(=O)Oc1ccc(C=O)cc1. The van der Waals surface area contributed by atoms with Gasteiger partial charge in [-0.1, -0.05) is 13.8 Å². The molecule has 2 atom stereocenters. The highest BCUT2D eigenvalue weighted by atomic mass is 32.2. The lowest BCUT2D eigenvalue weighted by Gasteiger charge is -2.22. The van der Waals surface area contributed by atoms with Crippen LogP contribution in [0.3, 0.4) is 0 Å². The summed E-state index contributed by atoms with van der Waals surface area (Å²) in [5.41, 5.74) is 0.471. The van der Waals surface area contributed by atoms with Gasteiger partial charge >= 0.3 is 5.97 Å². The Bertz CT molecular complexity index is 633. The topological polar surface area (TPSA) is 102 Å². The van der Waals surface area contributed by atoms with Crippen molar-refractivity contribution < 1.29 is 23.9 Å². The third-order valence-corrected chi connectivity index (χ3v) is 4.38. The van der Waals surface area contributed by atoms with Crippen LogP contribution in [0.15, 0.2) is 24.3 Å². The molecule has 2 amide bonds. The van der Waals surface area contributed by atoms with E-state index in [2.05, 4.69) is 10.6 Å². The van der Waals surface area contributed by atoms with E-state index in [4.69, 9.17) is 4.74 Å². The van der Waals surface area contributed by atoms with Crippen molar-refractivity contribution in [1.29, 1.82) is 0 Å². The van der Waals surface area contributed by atoms with Crippen LogP contribution in [0.25, 0.3) is 0 Å². The number of hydrogen-bond donors (Lipinski definition) is 2. The molecule has 0 heterocycles. The molecule has 1 aromatic rings. The average Bonchev–Trinajstić information content (AvgIpc) is 2.64. The lowest BCUT2D eigenvalue weighted by molar-refractivity contribution is -0.140. The Morgan fingerprint density at radius 3 is 2.33 bits per heavy atom. The fourth-order valence-electron chi connectivity index (χ4n) is 2.37. The minimum absolute atomic E-state index is 0.143. The molecule has 0 spiro atoms. The summed E-state index contributed by atoms with van der Waals surface area (Å²) in [6.07, 6.45) is 3.94. The number of ether oxygens (including phenoxy) is 1. The number of benzene rings is 1. The third-order valence-electron chi connectivity index (χ3n) is 3.74. The van der Waals surface area contributed by atoms with Gasteiger partial charge in [0.1, 0.15) is 24.1 Å². The van der Waals surface area contributed by atoms with Crippen LogP contribution in [-0.4, -0.2) is 48.7 Å². The van der Waals surface area contributed by atoms with E-state index in [0.717, 1.165) is 0 Å². The van der Waals surface area contributed by atoms with Crippen LogP contribution in [0.2, 0.25) is 0 Å². The number of esters is 1. The van der Waals surface area contributed by atoms with Gasteiger partial charge in [0.25, 0.3) is 0 Å². The summed E-state index contributed by atoms with van der Waals surface area (Å²) >= 11 is 1.56. The number of hydrogen-bond acceptors (Lipinski definition) is 6. The van der Waals surface area contributed by atoms with Crippen LogP contribution in [-0.2, 0) is 14.4 Å². The Hall–Kier alpha value is -2.35. The predicted octanol–water partition coefficient (Wildman–Crippen LogP) is 1.80. The molecule has 148 valence electrons. The fourth-order valence-corrected chi connectivity index (χ4v) is 2.84. The van der Waals surface area contributed by atoms with Gasteiger partial charge in [0.05, 0.1) is 0 Å². The number of thioether (sulfide) groups is 1. The lowest BCUT2D eigenvalue weighted by atomic mass is 10.0. The molecular weight excluding hydrogens is 368 g/mol. The van der Waals surface area contributed by atoms with Crippen molar-refractivity contribution in [2.75, 3.05) is 12.0 Å². The summed E-state index contributed by atoms with van der Waals surface area (Å²) in [6.45, 7) is 3.86. The second-order valence-corrected chi connectivity index (χ2v) is 7.40. The largest absolute Gasteiger partial charge is 0.425 e. The molecule has 8 heteroatoms. The van der Waals surface area contributed by atoms with Crippen LogP contribution in [0.5, 0.6) is 5.75 Å². The van der Waals surface area contributed by atoms with E-state index in [9.17, 15) is 19.2 Å². The van der Waals surface area contributed by atoms with Crippen LogP contribution in [0.4, 0.5) is 0 Å². The number of rotatable bonds is 12. The number of carbonyl (C=O) groups is 4. The van der Waals surface area contributed by atoms with Crippen LogP contribution in [0, 0.1) is 5.92 Å². The highest BCUT2D eigenvalue weighted by Gasteiger charge is 2.27. The Morgan fingerprint density at radius 1 is 1.15 bits per heavy atom. The molecule has 0 aromatic heterocycles. The third kappa shape index (κ3) is 8.25. The lowest BCUT2D eigenvalue weighted by Crippen LogP contribution is -2.51. The molecule has 1 aromatic carbocycles. The number of aldehydes is 1. The van der Waals surface area contributed by atoms with Crippen molar-refractivity contribution in [3.05, 3.63) is 29.8 Å². The van der Waals surface area contributed by atoms with E-state index in [-0.39, 0.29) is 5.92 Å². The van der Waals surface area contributed by atoms with E-state index >= 15 is 0 Å². The van der Waals surface area contributed by atoms with Gasteiger partial charge in [-0.2, -0.15) is 11.8 Å². The van der Waals surface area contributed by atoms with Crippen LogP contribution < -0.4 is 15.4 Å². The van der Waals surface area contributed by atoms with Gasteiger partial charge in [-0.05, 0) is 55.0 Å². The van der Waals surface area contributed by atoms with E-state index < -0.39 is 24.0 Å². The number of nitrogens with one attached hydrogen (secondary N) is 2. The quantitative estimate of drug-likeness (QED) is 0.318. The molecule has 0 aliphatic heterocycles. The first-order valence-electron chi connectivity index (χ1n) is 8.67. The maximum absolute atomic E-state index is 12.5.